The molecule has 47 heteroatoms. The minimum Gasteiger partial charge on any atom is 0 e. The molecule has 0 unspecified atom stereocenters. The van der Waals surface area contributed by atoms with Crippen molar-refractivity contribution in [3.63, 3.8) is 0 Å². The van der Waals surface area contributed by atoms with Crippen LogP contribution in [0.5, 0.6) is 0 Å². The summed E-state index contributed by atoms with van der Waals surface area (Å²) < 4.78 is 42.7. The van der Waals surface area contributed by atoms with Crippen LogP contribution in [0.3, 0.4) is 0 Å². The van der Waals surface area contributed by atoms with E-state index in [1.54, 1.807) is 69.6 Å². The molecule has 0 fully saturated rings. The zero-order chi connectivity index (χ0) is 63.6. The van der Waals surface area contributed by atoms with Crippen LogP contribution in [0.1, 0.15) is 19.3 Å². The van der Waals surface area contributed by atoms with E-state index >= 15 is 0 Å². The van der Waals surface area contributed by atoms with Gasteiger partial charge < -0.3 is 114 Å². The van der Waals surface area contributed by atoms with Crippen LogP contribution < -0.4 is 25.1 Å². The molecule has 86 heavy (non-hydrogen) atoms. The molecule has 6 amide bonds. The summed E-state index contributed by atoms with van der Waals surface area (Å²) >= 11 is -1.28. The first-order valence-corrected chi connectivity index (χ1v) is 37.7. The number of carbonyl (C=O) groups is 9. The fourth-order valence-electron chi connectivity index (χ4n) is 4.52. The van der Waals surface area contributed by atoms with Gasteiger partial charge in [-0.15, -0.1) is 7.92 Å². The summed E-state index contributed by atoms with van der Waals surface area (Å²) in [5, 5.41) is 69.6. The minimum atomic E-state index is -5.94. The second-order valence-electron chi connectivity index (χ2n) is 15.5. The molecule has 14 radical (unpaired) electrons. The Balaban J connectivity index is -0.0000000925. The van der Waals surface area contributed by atoms with Crippen LogP contribution >= 0.6 is 47.4 Å². The number of carboxylic acids is 3. The number of amides is 6. The molecular weight excluding hydrogens is 1770 g/mol. The van der Waals surface area contributed by atoms with E-state index in [1.165, 1.54) is 6.29 Å². The number of nitrogens with one attached hydrogen (secondary N) is 4. The first-order chi connectivity index (χ1) is 37.2. The Kier molecular flexibility index (Phi) is 99.4. The van der Waals surface area contributed by atoms with Gasteiger partial charge in [0.2, 0.25) is 23.6 Å². The van der Waals surface area contributed by atoms with E-state index in [0.29, 0.717) is 18.5 Å². The molecule has 10 N–H and O–H groups in total. The summed E-state index contributed by atoms with van der Waals surface area (Å²) in [6, 6.07) is -6.95. The van der Waals surface area contributed by atoms with Crippen molar-refractivity contribution < 1.29 is 239 Å². The molecule has 0 aromatic heterocycles. The van der Waals surface area contributed by atoms with E-state index in [9.17, 15) is 67.7 Å². The summed E-state index contributed by atoms with van der Waals surface area (Å²) in [6.07, 6.45) is 5.90. The van der Waals surface area contributed by atoms with Crippen LogP contribution in [-0.4, -0.2) is 315 Å². The van der Waals surface area contributed by atoms with Gasteiger partial charge in [0.15, 0.2) is 0 Å². The predicted octanol–water partition coefficient (Wildman–Crippen LogP) is -6.56. The van der Waals surface area contributed by atoms with Crippen molar-refractivity contribution in [2.24, 2.45) is 0 Å². The summed E-state index contributed by atoms with van der Waals surface area (Å²) in [6.45, 7) is -1.95. The number of carboxylic acid groups (broad SMARTS) is 3. The predicted molar refractivity (Wildman–Crippen MR) is 299 cm³/mol. The zero-order valence-corrected chi connectivity index (χ0v) is 67.0. The van der Waals surface area contributed by atoms with Crippen molar-refractivity contribution in [2.45, 2.75) is 55.5 Å². The van der Waals surface area contributed by atoms with Crippen LogP contribution in [0, 0.1) is 0 Å². The van der Waals surface area contributed by atoms with Crippen LogP contribution in [0.15, 0.2) is 0 Å². The first-order valence-electron chi connectivity index (χ1n) is 21.8. The van der Waals surface area contributed by atoms with Gasteiger partial charge in [0, 0.05) is 162 Å². The van der Waals surface area contributed by atoms with Gasteiger partial charge in [-0.1, -0.05) is 33.7 Å². The van der Waals surface area contributed by atoms with E-state index in [1.807, 2.05) is 0 Å². The number of aliphatic carboxylic acids is 3. The van der Waals surface area contributed by atoms with E-state index < -0.39 is 152 Å². The van der Waals surface area contributed by atoms with Crippen molar-refractivity contribution in [2.75, 3.05) is 117 Å². The Morgan fingerprint density at radius 3 is 1.14 bits per heavy atom. The average molecular weight is 1840 g/mol. The summed E-state index contributed by atoms with van der Waals surface area (Å²) in [5.74, 6) is -6.67. The van der Waals surface area contributed by atoms with Gasteiger partial charge in [0.05, 0.1) is 32.2 Å². The SMILES string of the molecule is CN(C)CC(=O)N[C@@H](CO)C(=O)N[C@H]([C-]=O)CSSC[C@H]([C-]=O)NC(=O)[C@@H](CO)NC(=O)CN(C)C.CN(C)CC(=O)[N-][C@@H](CO)C(=O)[N-][C@H]([C-]=O)C[S-].O=C(O)CCP(CCC(=O)O)CCC(=O)O.[B].[B].[B].[Cl][Sn][Cl].[O]=[Tc+4].[O]=[Tc](=[O])(=[O])[O-].[Y].[Y].[Y]. The number of hydrogen-bond acceptors (Lipinski definition) is 26. The van der Waals surface area contributed by atoms with Gasteiger partial charge in [-0.25, -0.2) is 24.4 Å². The molecule has 0 aliphatic carbocycles. The number of carbonyl (C=O) groups excluding carboxylic acids is 9. The van der Waals surface area contributed by atoms with Crippen LogP contribution in [-0.2, 0) is 217 Å². The van der Waals surface area contributed by atoms with E-state index in [-0.39, 0.29) is 180 Å². The molecule has 6 atom stereocenters. The quantitative estimate of drug-likeness (QED) is 0.00696. The Labute approximate surface area is 626 Å². The Hall–Kier alpha value is 0.824. The van der Waals surface area contributed by atoms with Crippen molar-refractivity contribution in [3.05, 3.63) is 10.6 Å². The molecule has 479 valence electrons. The maximum absolute atomic E-state index is 12.3. The number of nitrogens with zero attached hydrogens (tertiary/aromatic N) is 5. The topological polar surface area (TPSA) is 504 Å². The van der Waals surface area contributed by atoms with Crippen LogP contribution in [0.4, 0.5) is 0 Å². The minimum absolute atomic E-state index is 0. The Morgan fingerprint density at radius 1 is 0.616 bits per heavy atom. The standard InChI is InChI=1S/C20H34N6O8S2.C10H18N3O4S.C9H15O6P.3B.2ClH.5O.Sn.2Tc.3Y/c1-25(2)5-17(31)23-15(9-29)19(33)21-13(7-27)11-35-36-12-14(8-28)22-20(34)16(10-30)24-18(32)6-26(3)4;1-13(2)3-9(16)12-8(5-15)10(17)11-7(4-14)6-18;10-7(11)1-4-16(5-2-8(12)13)6-3-9(14)15;;;;;;;;;;;;;;;;/h13-16,29-30H,5-6,9-12H2,1-4H3,(H,21,33)(H,22,34)(H,23,31)(H,24,32);7-8,15H,3,5-6H2,1-2H3,(H3,11,12,16,17,18);1-6H2,(H,10,11)(H,12,13)(H,14,15);;;;2*1H;;;;;;;;;;;/q-2;-1;;;;;;;;;;;-1;+2;;+4;;;/p-5/t13-,14+,15+,16-;7-,8+;;;;;;;;;;;;;;;;;/m.1................./s1. The summed E-state index contributed by atoms with van der Waals surface area (Å²) in [7, 11) is 21.2. The maximum atomic E-state index is 12.3. The number of halogens is 2. The fraction of sp³-hybridized carbons (Fsp3) is 0.692. The third-order valence-electron chi connectivity index (χ3n) is 7.77. The number of rotatable bonds is 36. The molecule has 0 saturated heterocycles. The monoisotopic (exact) mass is 1840 g/mol. The summed E-state index contributed by atoms with van der Waals surface area (Å²) in [4.78, 5) is 140. The second kappa shape index (κ2) is 74.9. The summed E-state index contributed by atoms with van der Waals surface area (Å²) in [5.41, 5.74) is 0. The second-order valence-corrected chi connectivity index (χ2v) is 27.1. The van der Waals surface area contributed by atoms with Gasteiger partial charge in [0.1, 0.15) is 12.1 Å². The van der Waals surface area contributed by atoms with Gasteiger partial charge in [-0.2, -0.15) is 0 Å². The molecule has 0 aliphatic heterocycles. The molecule has 0 aromatic carbocycles. The number of aliphatic hydroxyl groups excluding tert-OH is 3. The van der Waals surface area contributed by atoms with Gasteiger partial charge in [-0.3, -0.25) is 39.8 Å². The molecule has 32 nitrogen and oxygen atoms in total. The maximum Gasteiger partial charge on any atom is 0 e. The smallest absolute Gasteiger partial charge is 0 e. The fourth-order valence-corrected chi connectivity index (χ4v) is 9.02. The average Bonchev–Trinajstić information content (AvgIpc) is 3.35. The molecule has 0 aliphatic rings. The number of hydrogen-bond donors (Lipinski definition) is 10. The molecule has 0 aromatic rings. The largest absolute Gasteiger partial charge is 0 e. The molecule has 0 heterocycles. The zero-order valence-electron chi connectivity index (χ0n) is 47.1. The molecule has 0 rings (SSSR count). The first kappa shape index (κ1) is 114. The van der Waals surface area contributed by atoms with Gasteiger partial charge in [-0.05, 0) is 78.3 Å². The van der Waals surface area contributed by atoms with Crippen molar-refractivity contribution >= 4 is 176 Å². The van der Waals surface area contributed by atoms with Gasteiger partial charge >= 0.3 is 107 Å². The number of likely N-dealkylation sites (N-methyl/N-ethyl adjacent to an activating group) is 3. The van der Waals surface area contributed by atoms with E-state index in [2.05, 4.69) is 44.5 Å². The normalized spacial score (nSPS) is 11.8. The van der Waals surface area contributed by atoms with Gasteiger partial charge in [0.25, 0.3) is 0 Å². The van der Waals surface area contributed by atoms with E-state index in [0.717, 1.165) is 40.4 Å². The van der Waals surface area contributed by atoms with Crippen molar-refractivity contribution in [1.29, 1.82) is 0 Å². The molecule has 0 saturated carbocycles. The molecule has 0 spiro atoms. The third-order valence-corrected chi connectivity index (χ3v) is 13.1. The third kappa shape index (κ3) is 82.8. The van der Waals surface area contributed by atoms with E-state index in [4.69, 9.17) is 56.1 Å². The van der Waals surface area contributed by atoms with Crippen LogP contribution in [0.2, 0.25) is 0 Å². The van der Waals surface area contributed by atoms with Crippen molar-refractivity contribution in [3.8, 4) is 0 Å². The Bertz CT molecular complexity index is 1960. The Morgan fingerprint density at radius 2 is 0.919 bits per heavy atom. The molecular formula is C39H64B3Cl2N9O23PS3SnTc2Y3-3. The number of aliphatic hydroxyl groups is 3. The van der Waals surface area contributed by atoms with Crippen LogP contribution in [0.25, 0.3) is 10.6 Å². The van der Waals surface area contributed by atoms with Crippen molar-refractivity contribution in [1.82, 2.24) is 36.0 Å². The molecule has 0 bridgehead atoms.